The van der Waals surface area contributed by atoms with Crippen molar-refractivity contribution in [3.8, 4) is 5.75 Å². The van der Waals surface area contributed by atoms with Crippen molar-refractivity contribution in [1.29, 1.82) is 0 Å². The molecule has 0 spiro atoms. The first-order chi connectivity index (χ1) is 9.74. The zero-order chi connectivity index (χ0) is 13.9. The van der Waals surface area contributed by atoms with Gasteiger partial charge in [-0.25, -0.2) is 4.39 Å². The minimum Gasteiger partial charge on any atom is -0.493 e. The molecule has 0 amide bonds. The summed E-state index contributed by atoms with van der Waals surface area (Å²) in [6.45, 7) is 2.78. The molecule has 2 unspecified atom stereocenters. The van der Waals surface area contributed by atoms with Gasteiger partial charge in [0.25, 0.3) is 0 Å². The summed E-state index contributed by atoms with van der Waals surface area (Å²) < 4.78 is 19.0. The van der Waals surface area contributed by atoms with Crippen molar-refractivity contribution in [1.82, 2.24) is 5.32 Å². The van der Waals surface area contributed by atoms with Crippen molar-refractivity contribution in [3.05, 3.63) is 65.5 Å². The Balaban J connectivity index is 1.79. The molecule has 20 heavy (non-hydrogen) atoms. The number of nitrogens with one attached hydrogen (secondary N) is 1. The summed E-state index contributed by atoms with van der Waals surface area (Å²) in [5.41, 5.74) is 2.15. The number of halogens is 1. The number of hydrogen-bond acceptors (Lipinski definition) is 2. The molecule has 0 aliphatic carbocycles. The molecule has 0 saturated carbocycles. The summed E-state index contributed by atoms with van der Waals surface area (Å²) in [7, 11) is 0. The van der Waals surface area contributed by atoms with Gasteiger partial charge in [-0.3, -0.25) is 0 Å². The van der Waals surface area contributed by atoms with Gasteiger partial charge in [0.05, 0.1) is 6.61 Å². The third kappa shape index (κ3) is 2.68. The number of rotatable bonds is 3. The average Bonchev–Trinajstić information content (AvgIpc) is 2.47. The van der Waals surface area contributed by atoms with Crippen molar-refractivity contribution in [3.63, 3.8) is 0 Å². The zero-order valence-corrected chi connectivity index (χ0v) is 11.5. The monoisotopic (exact) mass is 271 g/mol. The van der Waals surface area contributed by atoms with Crippen LogP contribution in [0.4, 0.5) is 4.39 Å². The molecule has 3 heteroatoms. The summed E-state index contributed by atoms with van der Waals surface area (Å²) >= 11 is 0. The molecule has 0 bridgehead atoms. The normalized spacial score (nSPS) is 19.0. The van der Waals surface area contributed by atoms with E-state index >= 15 is 0 Å². The SMILES string of the molecule is CC(NC1CCOc2ccccc21)c1cccc(F)c1. The van der Waals surface area contributed by atoms with Crippen LogP contribution in [0.5, 0.6) is 5.75 Å². The van der Waals surface area contributed by atoms with Crippen LogP contribution in [0.1, 0.15) is 36.6 Å². The molecular weight excluding hydrogens is 253 g/mol. The summed E-state index contributed by atoms with van der Waals surface area (Å²) in [6.07, 6.45) is 0.927. The molecule has 0 saturated heterocycles. The van der Waals surface area contributed by atoms with E-state index in [0.29, 0.717) is 6.61 Å². The quantitative estimate of drug-likeness (QED) is 0.911. The number of para-hydroxylation sites is 1. The molecule has 1 aliphatic rings. The second kappa shape index (κ2) is 5.63. The molecule has 2 aromatic rings. The Morgan fingerprint density at radius 3 is 2.90 bits per heavy atom. The minimum atomic E-state index is -0.191. The van der Waals surface area contributed by atoms with E-state index in [1.165, 1.54) is 11.6 Å². The van der Waals surface area contributed by atoms with Crippen LogP contribution in [-0.2, 0) is 0 Å². The fraction of sp³-hybridized carbons (Fsp3) is 0.294. The van der Waals surface area contributed by atoms with E-state index in [9.17, 15) is 4.39 Å². The lowest BCUT2D eigenvalue weighted by atomic mass is 9.98. The van der Waals surface area contributed by atoms with E-state index in [1.54, 1.807) is 12.1 Å². The van der Waals surface area contributed by atoms with Crippen LogP contribution in [0, 0.1) is 5.82 Å². The predicted octanol–water partition coefficient (Wildman–Crippen LogP) is 4.00. The van der Waals surface area contributed by atoms with Crippen LogP contribution >= 0.6 is 0 Å². The van der Waals surface area contributed by atoms with Crippen LogP contribution in [-0.4, -0.2) is 6.61 Å². The van der Waals surface area contributed by atoms with E-state index in [2.05, 4.69) is 18.3 Å². The van der Waals surface area contributed by atoms with Crippen LogP contribution in [0.15, 0.2) is 48.5 Å². The fourth-order valence-corrected chi connectivity index (χ4v) is 2.69. The average molecular weight is 271 g/mol. The maximum absolute atomic E-state index is 13.3. The number of ether oxygens (including phenoxy) is 1. The smallest absolute Gasteiger partial charge is 0.124 e. The van der Waals surface area contributed by atoms with Gasteiger partial charge in [-0.15, -0.1) is 0 Å². The molecule has 2 atom stereocenters. The van der Waals surface area contributed by atoms with E-state index in [4.69, 9.17) is 4.74 Å². The number of fused-ring (bicyclic) bond motifs is 1. The minimum absolute atomic E-state index is 0.0989. The molecule has 1 N–H and O–H groups in total. The molecule has 0 aromatic heterocycles. The van der Waals surface area contributed by atoms with E-state index in [-0.39, 0.29) is 17.9 Å². The molecule has 1 heterocycles. The van der Waals surface area contributed by atoms with E-state index in [0.717, 1.165) is 17.7 Å². The number of hydrogen-bond donors (Lipinski definition) is 1. The largest absolute Gasteiger partial charge is 0.493 e. The second-order valence-corrected chi connectivity index (χ2v) is 5.17. The van der Waals surface area contributed by atoms with Crippen molar-refractivity contribution < 1.29 is 9.13 Å². The highest BCUT2D eigenvalue weighted by Gasteiger charge is 2.22. The Morgan fingerprint density at radius 1 is 1.20 bits per heavy atom. The molecule has 3 rings (SSSR count). The molecule has 2 nitrogen and oxygen atoms in total. The molecular formula is C17H18FNO. The predicted molar refractivity (Wildman–Crippen MR) is 77.2 cm³/mol. The Hall–Kier alpha value is -1.87. The fourth-order valence-electron chi connectivity index (χ4n) is 2.69. The van der Waals surface area contributed by atoms with Crippen LogP contribution < -0.4 is 10.1 Å². The van der Waals surface area contributed by atoms with Gasteiger partial charge >= 0.3 is 0 Å². The van der Waals surface area contributed by atoms with Crippen LogP contribution in [0.25, 0.3) is 0 Å². The molecule has 0 radical (unpaired) electrons. The first kappa shape index (κ1) is 13.1. The lowest BCUT2D eigenvalue weighted by Crippen LogP contribution is -2.29. The first-order valence-electron chi connectivity index (χ1n) is 6.97. The van der Waals surface area contributed by atoms with Crippen molar-refractivity contribution in [2.45, 2.75) is 25.4 Å². The Bertz CT molecular complexity index is 599. The van der Waals surface area contributed by atoms with E-state index in [1.807, 2.05) is 24.3 Å². The molecule has 2 aromatic carbocycles. The Morgan fingerprint density at radius 2 is 2.05 bits per heavy atom. The topological polar surface area (TPSA) is 21.3 Å². The number of benzene rings is 2. The van der Waals surface area contributed by atoms with Gasteiger partial charge in [0.2, 0.25) is 0 Å². The third-order valence-corrected chi connectivity index (χ3v) is 3.76. The van der Waals surface area contributed by atoms with Gasteiger partial charge in [0, 0.05) is 24.1 Å². The lowest BCUT2D eigenvalue weighted by molar-refractivity contribution is 0.246. The maximum atomic E-state index is 13.3. The van der Waals surface area contributed by atoms with Crippen LogP contribution in [0.2, 0.25) is 0 Å². The Kier molecular flexibility index (Phi) is 3.70. The maximum Gasteiger partial charge on any atom is 0.124 e. The zero-order valence-electron chi connectivity index (χ0n) is 11.5. The van der Waals surface area contributed by atoms with Gasteiger partial charge in [0.15, 0.2) is 0 Å². The molecule has 1 aliphatic heterocycles. The van der Waals surface area contributed by atoms with Gasteiger partial charge in [0.1, 0.15) is 11.6 Å². The van der Waals surface area contributed by atoms with Gasteiger partial charge in [-0.05, 0) is 30.7 Å². The van der Waals surface area contributed by atoms with Crippen molar-refractivity contribution in [2.24, 2.45) is 0 Å². The van der Waals surface area contributed by atoms with Crippen molar-refractivity contribution in [2.75, 3.05) is 6.61 Å². The lowest BCUT2D eigenvalue weighted by Gasteiger charge is -2.29. The Labute approximate surface area is 118 Å². The standard InChI is InChI=1S/C17H18FNO/c1-12(13-5-4-6-14(18)11-13)19-16-9-10-20-17-8-3-2-7-15(16)17/h2-8,11-12,16,19H,9-10H2,1H3. The summed E-state index contributed by atoms with van der Waals surface area (Å²) in [6, 6.07) is 15.2. The summed E-state index contributed by atoms with van der Waals surface area (Å²) in [5, 5.41) is 3.57. The van der Waals surface area contributed by atoms with Gasteiger partial charge in [-0.1, -0.05) is 30.3 Å². The highest BCUT2D eigenvalue weighted by atomic mass is 19.1. The summed E-state index contributed by atoms with van der Waals surface area (Å²) in [4.78, 5) is 0. The first-order valence-corrected chi connectivity index (χ1v) is 6.97. The van der Waals surface area contributed by atoms with Crippen molar-refractivity contribution >= 4 is 0 Å². The molecule has 104 valence electrons. The highest BCUT2D eigenvalue weighted by molar-refractivity contribution is 5.37. The van der Waals surface area contributed by atoms with Gasteiger partial charge < -0.3 is 10.1 Å². The van der Waals surface area contributed by atoms with E-state index < -0.39 is 0 Å². The second-order valence-electron chi connectivity index (χ2n) is 5.17. The van der Waals surface area contributed by atoms with Gasteiger partial charge in [-0.2, -0.15) is 0 Å². The summed E-state index contributed by atoms with van der Waals surface area (Å²) in [5.74, 6) is 0.756. The third-order valence-electron chi connectivity index (χ3n) is 3.76. The van der Waals surface area contributed by atoms with Crippen LogP contribution in [0.3, 0.4) is 0 Å². The molecule has 0 fully saturated rings. The highest BCUT2D eigenvalue weighted by Crippen LogP contribution is 2.33.